The van der Waals surface area contributed by atoms with E-state index in [4.69, 9.17) is 9.47 Å². The van der Waals surface area contributed by atoms with Crippen molar-refractivity contribution in [3.05, 3.63) is 16.1 Å². The van der Waals surface area contributed by atoms with E-state index >= 15 is 0 Å². The Morgan fingerprint density at radius 3 is 2.88 bits per heavy atom. The maximum absolute atomic E-state index is 5.45. The van der Waals surface area contributed by atoms with Crippen LogP contribution in [0.15, 0.2) is 5.38 Å². The van der Waals surface area contributed by atoms with E-state index in [-0.39, 0.29) is 6.29 Å². The van der Waals surface area contributed by atoms with Gasteiger partial charge in [0.1, 0.15) is 0 Å². The third-order valence-corrected chi connectivity index (χ3v) is 3.65. The van der Waals surface area contributed by atoms with Crippen LogP contribution in [0.5, 0.6) is 0 Å². The molecule has 0 radical (unpaired) electrons. The molecule has 1 aromatic heterocycles. The predicted octanol–water partition coefficient (Wildman–Crippen LogP) is 1.35. The first-order chi connectivity index (χ1) is 7.78. The SMILES string of the molecule is CNC(Cc1nc(C)cs1)CC1OCCO1. The van der Waals surface area contributed by atoms with Gasteiger partial charge in [0.15, 0.2) is 6.29 Å². The number of aryl methyl sites for hydroxylation is 1. The molecule has 1 atom stereocenters. The van der Waals surface area contributed by atoms with Crippen molar-refractivity contribution in [1.29, 1.82) is 0 Å². The molecular formula is C11H18N2O2S. The van der Waals surface area contributed by atoms with Crippen molar-refractivity contribution in [2.75, 3.05) is 20.3 Å². The fourth-order valence-electron chi connectivity index (χ4n) is 1.79. The molecule has 0 amide bonds. The summed E-state index contributed by atoms with van der Waals surface area (Å²) in [6, 6.07) is 0.369. The lowest BCUT2D eigenvalue weighted by molar-refractivity contribution is -0.0522. The number of thiazole rings is 1. The van der Waals surface area contributed by atoms with Crippen LogP contribution in [-0.4, -0.2) is 37.6 Å². The average Bonchev–Trinajstić information content (AvgIpc) is 2.89. The van der Waals surface area contributed by atoms with Crippen molar-refractivity contribution >= 4 is 11.3 Å². The minimum atomic E-state index is -0.0430. The molecule has 90 valence electrons. The molecule has 2 rings (SSSR count). The van der Waals surface area contributed by atoms with Crippen LogP contribution in [0.3, 0.4) is 0 Å². The van der Waals surface area contributed by atoms with Gasteiger partial charge in [-0.05, 0) is 14.0 Å². The summed E-state index contributed by atoms with van der Waals surface area (Å²) in [5.41, 5.74) is 1.10. The van der Waals surface area contributed by atoms with Gasteiger partial charge >= 0.3 is 0 Å². The lowest BCUT2D eigenvalue weighted by Crippen LogP contribution is -2.32. The van der Waals surface area contributed by atoms with E-state index in [9.17, 15) is 0 Å². The van der Waals surface area contributed by atoms with E-state index in [0.717, 1.165) is 31.7 Å². The van der Waals surface area contributed by atoms with E-state index in [0.29, 0.717) is 6.04 Å². The van der Waals surface area contributed by atoms with Crippen LogP contribution in [0.25, 0.3) is 0 Å². The van der Waals surface area contributed by atoms with Crippen molar-refractivity contribution in [3.8, 4) is 0 Å². The van der Waals surface area contributed by atoms with E-state index in [1.165, 1.54) is 5.01 Å². The highest BCUT2D eigenvalue weighted by atomic mass is 32.1. The molecule has 16 heavy (non-hydrogen) atoms. The van der Waals surface area contributed by atoms with E-state index < -0.39 is 0 Å². The van der Waals surface area contributed by atoms with Crippen LogP contribution < -0.4 is 5.32 Å². The number of hydrogen-bond acceptors (Lipinski definition) is 5. The summed E-state index contributed by atoms with van der Waals surface area (Å²) in [7, 11) is 1.97. The molecule has 5 heteroatoms. The third-order valence-electron chi connectivity index (χ3n) is 2.66. The maximum atomic E-state index is 5.45. The number of rotatable bonds is 5. The van der Waals surface area contributed by atoms with Gasteiger partial charge in [0.25, 0.3) is 0 Å². The van der Waals surface area contributed by atoms with Gasteiger partial charge in [-0.3, -0.25) is 0 Å². The summed E-state index contributed by atoms with van der Waals surface area (Å²) in [5.74, 6) is 0. The largest absolute Gasteiger partial charge is 0.350 e. The Bertz CT molecular complexity index is 324. The molecule has 1 aliphatic rings. The molecule has 0 bridgehead atoms. The molecule has 0 spiro atoms. The van der Waals surface area contributed by atoms with Crippen LogP contribution in [0, 0.1) is 6.92 Å². The molecular weight excluding hydrogens is 224 g/mol. The number of nitrogens with zero attached hydrogens (tertiary/aromatic N) is 1. The number of ether oxygens (including phenoxy) is 2. The lowest BCUT2D eigenvalue weighted by Gasteiger charge is -2.18. The van der Waals surface area contributed by atoms with Crippen LogP contribution in [-0.2, 0) is 15.9 Å². The second kappa shape index (κ2) is 5.72. The number of hydrogen-bond donors (Lipinski definition) is 1. The smallest absolute Gasteiger partial charge is 0.159 e. The Balaban J connectivity index is 1.84. The Hall–Kier alpha value is -0.490. The van der Waals surface area contributed by atoms with Crippen LogP contribution in [0.4, 0.5) is 0 Å². The molecule has 0 aliphatic carbocycles. The molecule has 1 aliphatic heterocycles. The molecule has 2 heterocycles. The van der Waals surface area contributed by atoms with Gasteiger partial charge in [-0.1, -0.05) is 0 Å². The van der Waals surface area contributed by atoms with Crippen molar-refractivity contribution in [1.82, 2.24) is 10.3 Å². The van der Waals surface area contributed by atoms with Gasteiger partial charge in [0.2, 0.25) is 0 Å². The normalized spacial score (nSPS) is 19.1. The van der Waals surface area contributed by atoms with E-state index in [1.807, 2.05) is 14.0 Å². The first-order valence-corrected chi connectivity index (χ1v) is 6.47. The Morgan fingerprint density at radius 1 is 1.56 bits per heavy atom. The summed E-state index contributed by atoms with van der Waals surface area (Å²) in [6.07, 6.45) is 1.78. The predicted molar refractivity (Wildman–Crippen MR) is 63.7 cm³/mol. The Morgan fingerprint density at radius 2 is 2.31 bits per heavy atom. The average molecular weight is 242 g/mol. The monoisotopic (exact) mass is 242 g/mol. The highest BCUT2D eigenvalue weighted by Gasteiger charge is 2.21. The number of nitrogens with one attached hydrogen (secondary N) is 1. The summed E-state index contributed by atoms with van der Waals surface area (Å²) >= 11 is 1.72. The molecule has 1 unspecified atom stereocenters. The van der Waals surface area contributed by atoms with Crippen molar-refractivity contribution < 1.29 is 9.47 Å². The van der Waals surface area contributed by atoms with Gasteiger partial charge in [-0.15, -0.1) is 11.3 Å². The fraction of sp³-hybridized carbons (Fsp3) is 0.727. The third kappa shape index (κ3) is 3.25. The van der Waals surface area contributed by atoms with Gasteiger partial charge in [0, 0.05) is 30.0 Å². The molecule has 1 N–H and O–H groups in total. The quantitative estimate of drug-likeness (QED) is 0.846. The van der Waals surface area contributed by atoms with Crippen molar-refractivity contribution in [3.63, 3.8) is 0 Å². The van der Waals surface area contributed by atoms with E-state index in [2.05, 4.69) is 15.7 Å². The van der Waals surface area contributed by atoms with Gasteiger partial charge < -0.3 is 14.8 Å². The minimum absolute atomic E-state index is 0.0430. The molecule has 0 aromatic carbocycles. The molecule has 1 aromatic rings. The zero-order valence-electron chi connectivity index (χ0n) is 9.73. The van der Waals surface area contributed by atoms with Crippen LogP contribution in [0.1, 0.15) is 17.1 Å². The summed E-state index contributed by atoms with van der Waals surface area (Å²) in [5, 5.41) is 6.56. The molecule has 0 saturated carbocycles. The molecule has 4 nitrogen and oxygen atoms in total. The van der Waals surface area contributed by atoms with Gasteiger partial charge in [0.05, 0.1) is 18.2 Å². The van der Waals surface area contributed by atoms with Crippen molar-refractivity contribution in [2.24, 2.45) is 0 Å². The maximum Gasteiger partial charge on any atom is 0.159 e. The van der Waals surface area contributed by atoms with Crippen LogP contribution >= 0.6 is 11.3 Å². The van der Waals surface area contributed by atoms with E-state index in [1.54, 1.807) is 11.3 Å². The topological polar surface area (TPSA) is 43.4 Å². The van der Waals surface area contributed by atoms with Gasteiger partial charge in [-0.2, -0.15) is 0 Å². The lowest BCUT2D eigenvalue weighted by atomic mass is 10.1. The summed E-state index contributed by atoms with van der Waals surface area (Å²) in [6.45, 7) is 3.46. The van der Waals surface area contributed by atoms with Gasteiger partial charge in [-0.25, -0.2) is 4.98 Å². The first kappa shape index (κ1) is 12.0. The first-order valence-electron chi connectivity index (χ1n) is 5.59. The summed E-state index contributed by atoms with van der Waals surface area (Å²) < 4.78 is 10.9. The highest BCUT2D eigenvalue weighted by Crippen LogP contribution is 2.16. The minimum Gasteiger partial charge on any atom is -0.350 e. The highest BCUT2D eigenvalue weighted by molar-refractivity contribution is 7.09. The second-order valence-corrected chi connectivity index (χ2v) is 4.92. The Labute approximate surface area is 100.0 Å². The van der Waals surface area contributed by atoms with Crippen LogP contribution in [0.2, 0.25) is 0 Å². The molecule has 1 fully saturated rings. The zero-order valence-corrected chi connectivity index (χ0v) is 10.5. The summed E-state index contributed by atoms with van der Waals surface area (Å²) in [4.78, 5) is 4.47. The van der Waals surface area contributed by atoms with Crippen molar-refractivity contribution in [2.45, 2.75) is 32.1 Å². The Kier molecular flexibility index (Phi) is 4.29. The zero-order chi connectivity index (χ0) is 11.4. The second-order valence-electron chi connectivity index (χ2n) is 3.98. The molecule has 1 saturated heterocycles. The number of aromatic nitrogens is 1. The fourth-order valence-corrected chi connectivity index (χ4v) is 2.64. The number of likely N-dealkylation sites (N-methyl/N-ethyl adjacent to an activating group) is 1. The standard InChI is InChI=1S/C11H18N2O2S/c1-8-7-16-10(13-8)5-9(12-2)6-11-14-3-4-15-11/h7,9,11-12H,3-6H2,1-2H3.